The van der Waals surface area contributed by atoms with Gasteiger partial charge in [0.2, 0.25) is 0 Å². The highest BCUT2D eigenvalue weighted by atomic mass is 127. The second kappa shape index (κ2) is 9.35. The first-order valence-electron chi connectivity index (χ1n) is 6.07. The smallest absolute Gasteiger partial charge is 0.189 e. The molecule has 0 spiro atoms. The van der Waals surface area contributed by atoms with Crippen LogP contribution in [-0.4, -0.2) is 31.9 Å². The Hall–Kier alpha value is -0.570. The number of hydrogen-bond donors (Lipinski definition) is 1. The van der Waals surface area contributed by atoms with Crippen molar-refractivity contribution < 1.29 is 24.1 Å². The summed E-state index contributed by atoms with van der Waals surface area (Å²) in [4.78, 5) is 0. The van der Waals surface area contributed by atoms with Crippen LogP contribution in [0.25, 0.3) is 0 Å². The molecule has 1 N–H and O–H groups in total. The van der Waals surface area contributed by atoms with Crippen molar-refractivity contribution in [2.24, 2.45) is 0 Å². The van der Waals surface area contributed by atoms with Gasteiger partial charge < -0.3 is 24.1 Å². The number of benzene rings is 1. The van der Waals surface area contributed by atoms with Crippen molar-refractivity contribution in [3.63, 3.8) is 0 Å². The van der Waals surface area contributed by atoms with Gasteiger partial charge in [0.05, 0.1) is 10.2 Å². The summed E-state index contributed by atoms with van der Waals surface area (Å²) in [6, 6.07) is 3.58. The second-order valence-corrected chi connectivity index (χ2v) is 4.74. The third-order valence-electron chi connectivity index (χ3n) is 2.24. The molecule has 0 heterocycles. The van der Waals surface area contributed by atoms with Crippen LogP contribution < -0.4 is 9.47 Å². The number of aliphatic hydroxyl groups excluding tert-OH is 1. The molecular weight excluding hydrogens is 363 g/mol. The van der Waals surface area contributed by atoms with Gasteiger partial charge in [-0.2, -0.15) is 0 Å². The van der Waals surface area contributed by atoms with E-state index in [1.165, 1.54) is 0 Å². The molecule has 1 rings (SSSR count). The van der Waals surface area contributed by atoms with Crippen molar-refractivity contribution >= 4 is 22.6 Å². The maximum atomic E-state index is 9.21. The molecule has 0 bridgehead atoms. The third kappa shape index (κ3) is 5.52. The maximum absolute atomic E-state index is 9.21. The van der Waals surface area contributed by atoms with Gasteiger partial charge in [-0.3, -0.25) is 0 Å². The lowest BCUT2D eigenvalue weighted by molar-refractivity contribution is 0.00553. The molecule has 0 amide bonds. The number of halogens is 1. The first-order chi connectivity index (χ1) is 9.22. The summed E-state index contributed by atoms with van der Waals surface area (Å²) in [6.45, 7) is 5.21. The van der Waals surface area contributed by atoms with Crippen molar-refractivity contribution in [1.29, 1.82) is 0 Å². The monoisotopic (exact) mass is 382 g/mol. The Kier molecular flexibility index (Phi) is 8.11. The number of rotatable bonds is 9. The molecule has 0 saturated carbocycles. The molecule has 0 aromatic heterocycles. The van der Waals surface area contributed by atoms with E-state index in [-0.39, 0.29) is 20.2 Å². The van der Waals surface area contributed by atoms with Gasteiger partial charge in [-0.25, -0.2) is 0 Å². The minimum atomic E-state index is -0.0489. The molecule has 0 atom stereocenters. The van der Waals surface area contributed by atoms with E-state index in [9.17, 15) is 5.11 Å². The summed E-state index contributed by atoms with van der Waals surface area (Å²) in [6.07, 6.45) is 0. The zero-order valence-corrected chi connectivity index (χ0v) is 13.3. The number of ether oxygens (including phenoxy) is 4. The highest BCUT2D eigenvalue weighted by Gasteiger charge is 2.12. The SMILES string of the molecule is CCOCOc1cc(CO)cc(I)c1OCOCC. The third-order valence-corrected chi connectivity index (χ3v) is 3.05. The molecule has 6 heteroatoms. The molecule has 1 aromatic rings. The molecule has 0 aliphatic carbocycles. The first-order valence-corrected chi connectivity index (χ1v) is 7.15. The van der Waals surface area contributed by atoms with Gasteiger partial charge in [-0.15, -0.1) is 0 Å². The Bertz CT molecular complexity index is 384. The minimum absolute atomic E-state index is 0.0489. The van der Waals surface area contributed by atoms with Gasteiger partial charge in [0.25, 0.3) is 0 Å². The lowest BCUT2D eigenvalue weighted by atomic mass is 10.2. The Morgan fingerprint density at radius 1 is 1.05 bits per heavy atom. The summed E-state index contributed by atoms with van der Waals surface area (Å²) < 4.78 is 22.2. The highest BCUT2D eigenvalue weighted by molar-refractivity contribution is 14.1. The van der Waals surface area contributed by atoms with Crippen molar-refractivity contribution in [3.05, 3.63) is 21.3 Å². The second-order valence-electron chi connectivity index (χ2n) is 3.57. The largest absolute Gasteiger partial charge is 0.464 e. The van der Waals surface area contributed by atoms with Crippen LogP contribution in [0.15, 0.2) is 12.1 Å². The summed E-state index contributed by atoms with van der Waals surface area (Å²) >= 11 is 2.14. The molecule has 19 heavy (non-hydrogen) atoms. The molecule has 108 valence electrons. The maximum Gasteiger partial charge on any atom is 0.189 e. The van der Waals surface area contributed by atoms with E-state index in [0.717, 1.165) is 9.13 Å². The van der Waals surface area contributed by atoms with E-state index in [2.05, 4.69) is 22.6 Å². The van der Waals surface area contributed by atoms with Crippen LogP contribution in [0.3, 0.4) is 0 Å². The van der Waals surface area contributed by atoms with E-state index in [4.69, 9.17) is 18.9 Å². The lowest BCUT2D eigenvalue weighted by Gasteiger charge is -2.15. The van der Waals surface area contributed by atoms with Crippen molar-refractivity contribution in [1.82, 2.24) is 0 Å². The van der Waals surface area contributed by atoms with E-state index < -0.39 is 0 Å². The Morgan fingerprint density at radius 3 is 2.26 bits per heavy atom. The molecule has 0 unspecified atom stereocenters. The molecule has 0 radical (unpaired) electrons. The fourth-order valence-electron chi connectivity index (χ4n) is 1.33. The highest BCUT2D eigenvalue weighted by Crippen LogP contribution is 2.34. The van der Waals surface area contributed by atoms with E-state index >= 15 is 0 Å². The van der Waals surface area contributed by atoms with Crippen LogP contribution in [0.5, 0.6) is 11.5 Å². The van der Waals surface area contributed by atoms with Gasteiger partial charge in [0, 0.05) is 13.2 Å². The zero-order valence-electron chi connectivity index (χ0n) is 11.1. The molecule has 0 fully saturated rings. The molecular formula is C13H19IO5. The molecule has 5 nitrogen and oxygen atoms in total. The van der Waals surface area contributed by atoms with Gasteiger partial charge in [-0.1, -0.05) is 0 Å². The summed E-state index contributed by atoms with van der Waals surface area (Å²) in [5.74, 6) is 1.15. The summed E-state index contributed by atoms with van der Waals surface area (Å²) in [7, 11) is 0. The summed E-state index contributed by atoms with van der Waals surface area (Å²) in [5, 5.41) is 9.21. The molecule has 0 saturated heterocycles. The quantitative estimate of drug-likeness (QED) is 0.404. The van der Waals surface area contributed by atoms with Crippen molar-refractivity contribution in [2.75, 3.05) is 26.8 Å². The Labute approximate surface area is 126 Å². The average Bonchev–Trinajstić information content (AvgIpc) is 2.41. The number of aliphatic hydroxyl groups is 1. The Balaban J connectivity index is 2.83. The van der Waals surface area contributed by atoms with Crippen LogP contribution in [0, 0.1) is 3.57 Å². The van der Waals surface area contributed by atoms with Crippen LogP contribution in [0.1, 0.15) is 19.4 Å². The van der Waals surface area contributed by atoms with Gasteiger partial charge >= 0.3 is 0 Å². The molecule has 1 aromatic carbocycles. The summed E-state index contributed by atoms with van der Waals surface area (Å²) in [5.41, 5.74) is 0.764. The standard InChI is InChI=1S/C13H19IO5/c1-3-16-8-18-12-6-10(7-15)5-11(14)13(12)19-9-17-4-2/h5-6,15H,3-4,7-9H2,1-2H3. The topological polar surface area (TPSA) is 57.2 Å². The fraction of sp³-hybridized carbons (Fsp3) is 0.538. The van der Waals surface area contributed by atoms with Crippen LogP contribution in [0.4, 0.5) is 0 Å². The lowest BCUT2D eigenvalue weighted by Crippen LogP contribution is -2.08. The average molecular weight is 382 g/mol. The zero-order chi connectivity index (χ0) is 14.1. The van der Waals surface area contributed by atoms with Gasteiger partial charge in [-0.05, 0) is 54.1 Å². The van der Waals surface area contributed by atoms with E-state index in [1.54, 1.807) is 6.07 Å². The van der Waals surface area contributed by atoms with Crippen molar-refractivity contribution in [3.8, 4) is 11.5 Å². The van der Waals surface area contributed by atoms with Gasteiger partial charge in [0.15, 0.2) is 25.1 Å². The van der Waals surface area contributed by atoms with Gasteiger partial charge in [0.1, 0.15) is 0 Å². The normalized spacial score (nSPS) is 10.5. The predicted molar refractivity (Wildman–Crippen MR) is 79.3 cm³/mol. The minimum Gasteiger partial charge on any atom is -0.464 e. The first kappa shape index (κ1) is 16.5. The van der Waals surface area contributed by atoms with Crippen LogP contribution in [-0.2, 0) is 16.1 Å². The van der Waals surface area contributed by atoms with E-state index in [1.807, 2.05) is 19.9 Å². The van der Waals surface area contributed by atoms with Crippen LogP contribution in [0.2, 0.25) is 0 Å². The molecule has 0 aliphatic heterocycles. The predicted octanol–water partition coefficient (Wildman–Crippen LogP) is 2.53. The van der Waals surface area contributed by atoms with Crippen molar-refractivity contribution in [2.45, 2.75) is 20.5 Å². The molecule has 0 aliphatic rings. The fourth-order valence-corrected chi connectivity index (χ4v) is 2.15. The number of hydrogen-bond acceptors (Lipinski definition) is 5. The van der Waals surface area contributed by atoms with Crippen LogP contribution >= 0.6 is 22.6 Å². The Morgan fingerprint density at radius 2 is 1.68 bits per heavy atom. The van der Waals surface area contributed by atoms with E-state index in [0.29, 0.717) is 24.7 Å².